The molecule has 0 aliphatic rings. The lowest BCUT2D eigenvalue weighted by Gasteiger charge is -2.02. The number of hydrogen-bond donors (Lipinski definition) is 1. The Kier molecular flexibility index (Phi) is 1.85. The fraction of sp³-hybridized carbons (Fsp3) is 0.200. The van der Waals surface area contributed by atoms with Gasteiger partial charge in [-0.05, 0) is 24.1 Å². The molecule has 0 bridgehead atoms. The van der Waals surface area contributed by atoms with Gasteiger partial charge >= 0.3 is 0 Å². The summed E-state index contributed by atoms with van der Waals surface area (Å²) in [5.74, 6) is 0.301. The van der Waals surface area contributed by atoms with Crippen LogP contribution in [0.3, 0.4) is 0 Å². The first-order chi connectivity index (χ1) is 6.31. The van der Waals surface area contributed by atoms with Crippen molar-refractivity contribution in [2.75, 3.05) is 0 Å². The predicted molar refractivity (Wildman–Crippen MR) is 50.6 cm³/mol. The van der Waals surface area contributed by atoms with Gasteiger partial charge in [-0.2, -0.15) is 10.2 Å². The maximum absolute atomic E-state index is 9.54. The second-order valence-corrected chi connectivity index (χ2v) is 2.92. The van der Waals surface area contributed by atoms with Crippen molar-refractivity contribution in [3.05, 3.63) is 30.0 Å². The van der Waals surface area contributed by atoms with Crippen LogP contribution in [0, 0.1) is 0 Å². The summed E-state index contributed by atoms with van der Waals surface area (Å²) >= 11 is 0. The van der Waals surface area contributed by atoms with Crippen molar-refractivity contribution in [3.63, 3.8) is 0 Å². The number of aromatic hydroxyl groups is 1. The second-order valence-electron chi connectivity index (χ2n) is 2.92. The molecule has 0 saturated heterocycles. The number of nitrogens with zero attached hydrogens (tertiary/aromatic N) is 2. The summed E-state index contributed by atoms with van der Waals surface area (Å²) in [6.45, 7) is 2.01. The normalized spacial score (nSPS) is 10.5. The quantitative estimate of drug-likeness (QED) is 0.718. The minimum absolute atomic E-state index is 0.301. The van der Waals surface area contributed by atoms with Crippen LogP contribution >= 0.6 is 0 Å². The number of hydrogen-bond acceptors (Lipinski definition) is 3. The van der Waals surface area contributed by atoms with Crippen LogP contribution in [-0.2, 0) is 6.42 Å². The fourth-order valence-electron chi connectivity index (χ4n) is 1.35. The van der Waals surface area contributed by atoms with Crippen LogP contribution < -0.4 is 0 Å². The maximum atomic E-state index is 9.54. The lowest BCUT2D eigenvalue weighted by Crippen LogP contribution is -1.86. The van der Waals surface area contributed by atoms with Gasteiger partial charge in [-0.25, -0.2) is 0 Å². The molecule has 0 unspecified atom stereocenters. The molecule has 0 atom stereocenters. The van der Waals surface area contributed by atoms with E-state index in [0.29, 0.717) is 5.75 Å². The molecule has 0 fully saturated rings. The van der Waals surface area contributed by atoms with E-state index in [1.807, 2.05) is 19.1 Å². The molecule has 2 aromatic rings. The standard InChI is InChI=1S/C10H10N2O/c1-2-7-5-8-3-4-11-12-9(8)6-10(7)13/h3-6,13H,2H2,1H3. The van der Waals surface area contributed by atoms with E-state index >= 15 is 0 Å². The number of aryl methyl sites for hydroxylation is 1. The Bertz CT molecular complexity index is 440. The summed E-state index contributed by atoms with van der Waals surface area (Å²) in [4.78, 5) is 0. The highest BCUT2D eigenvalue weighted by Gasteiger charge is 2.02. The second kappa shape index (κ2) is 3.01. The molecule has 1 aromatic carbocycles. The zero-order valence-corrected chi connectivity index (χ0v) is 7.36. The van der Waals surface area contributed by atoms with E-state index in [0.717, 1.165) is 22.9 Å². The van der Waals surface area contributed by atoms with E-state index in [1.165, 1.54) is 0 Å². The van der Waals surface area contributed by atoms with Crippen molar-refractivity contribution in [3.8, 4) is 5.75 Å². The van der Waals surface area contributed by atoms with Crippen LogP contribution in [0.25, 0.3) is 10.9 Å². The van der Waals surface area contributed by atoms with Crippen LogP contribution in [-0.4, -0.2) is 15.3 Å². The van der Waals surface area contributed by atoms with E-state index in [4.69, 9.17) is 0 Å². The Morgan fingerprint density at radius 2 is 2.23 bits per heavy atom. The van der Waals surface area contributed by atoms with Crippen LogP contribution in [0.5, 0.6) is 5.75 Å². The third kappa shape index (κ3) is 1.33. The lowest BCUT2D eigenvalue weighted by atomic mass is 10.1. The van der Waals surface area contributed by atoms with Crippen molar-refractivity contribution < 1.29 is 5.11 Å². The summed E-state index contributed by atoms with van der Waals surface area (Å²) in [6, 6.07) is 5.49. The zero-order valence-electron chi connectivity index (χ0n) is 7.36. The Hall–Kier alpha value is -1.64. The van der Waals surface area contributed by atoms with Crippen molar-refractivity contribution in [1.29, 1.82) is 0 Å². The minimum atomic E-state index is 0.301. The van der Waals surface area contributed by atoms with Crippen molar-refractivity contribution in [2.24, 2.45) is 0 Å². The lowest BCUT2D eigenvalue weighted by molar-refractivity contribution is 0.469. The SMILES string of the molecule is CCc1cc2ccnnc2cc1O. The highest BCUT2D eigenvalue weighted by molar-refractivity contribution is 5.80. The van der Waals surface area contributed by atoms with Gasteiger partial charge in [0.25, 0.3) is 0 Å². The molecule has 1 heterocycles. The van der Waals surface area contributed by atoms with E-state index in [1.54, 1.807) is 12.3 Å². The highest BCUT2D eigenvalue weighted by Crippen LogP contribution is 2.23. The summed E-state index contributed by atoms with van der Waals surface area (Å²) < 4.78 is 0. The number of rotatable bonds is 1. The monoisotopic (exact) mass is 174 g/mol. The number of fused-ring (bicyclic) bond motifs is 1. The van der Waals surface area contributed by atoms with Gasteiger partial charge in [-0.3, -0.25) is 0 Å². The number of phenolic OH excluding ortho intramolecular Hbond substituents is 1. The van der Waals surface area contributed by atoms with Crippen LogP contribution in [0.2, 0.25) is 0 Å². The highest BCUT2D eigenvalue weighted by atomic mass is 16.3. The van der Waals surface area contributed by atoms with Gasteiger partial charge in [0.05, 0.1) is 11.7 Å². The van der Waals surface area contributed by atoms with Crippen molar-refractivity contribution in [2.45, 2.75) is 13.3 Å². The molecule has 3 nitrogen and oxygen atoms in total. The first-order valence-electron chi connectivity index (χ1n) is 4.24. The van der Waals surface area contributed by atoms with Gasteiger partial charge in [0, 0.05) is 11.5 Å². The minimum Gasteiger partial charge on any atom is -0.508 e. The molecular formula is C10H10N2O. The van der Waals surface area contributed by atoms with E-state index in [2.05, 4.69) is 10.2 Å². The molecule has 1 aromatic heterocycles. The summed E-state index contributed by atoms with van der Waals surface area (Å²) in [6.07, 6.45) is 2.48. The first kappa shape index (κ1) is 7.98. The molecule has 0 radical (unpaired) electrons. The molecule has 0 aliphatic heterocycles. The maximum Gasteiger partial charge on any atom is 0.121 e. The van der Waals surface area contributed by atoms with Crippen molar-refractivity contribution >= 4 is 10.9 Å². The van der Waals surface area contributed by atoms with Gasteiger partial charge in [0.1, 0.15) is 5.75 Å². The molecular weight excluding hydrogens is 164 g/mol. The van der Waals surface area contributed by atoms with E-state index < -0.39 is 0 Å². The topological polar surface area (TPSA) is 46.0 Å². The van der Waals surface area contributed by atoms with Gasteiger partial charge in [-0.15, -0.1) is 0 Å². The first-order valence-corrected chi connectivity index (χ1v) is 4.24. The molecule has 0 saturated carbocycles. The molecule has 66 valence electrons. The van der Waals surface area contributed by atoms with Crippen LogP contribution in [0.4, 0.5) is 0 Å². The third-order valence-electron chi connectivity index (χ3n) is 2.10. The van der Waals surface area contributed by atoms with Gasteiger partial charge in [0.2, 0.25) is 0 Å². The van der Waals surface area contributed by atoms with Crippen LogP contribution in [0.15, 0.2) is 24.4 Å². The zero-order chi connectivity index (χ0) is 9.26. The summed E-state index contributed by atoms with van der Waals surface area (Å²) in [5, 5.41) is 18.2. The largest absolute Gasteiger partial charge is 0.508 e. The average Bonchev–Trinajstić information content (AvgIpc) is 2.17. The molecule has 3 heteroatoms. The Morgan fingerprint density at radius 1 is 1.38 bits per heavy atom. The van der Waals surface area contributed by atoms with E-state index in [-0.39, 0.29) is 0 Å². The third-order valence-corrected chi connectivity index (χ3v) is 2.10. The number of phenols is 1. The molecule has 2 rings (SSSR count). The number of aromatic nitrogens is 2. The fourth-order valence-corrected chi connectivity index (χ4v) is 1.35. The predicted octanol–water partition coefficient (Wildman–Crippen LogP) is 1.90. The van der Waals surface area contributed by atoms with Gasteiger partial charge in [0.15, 0.2) is 0 Å². The van der Waals surface area contributed by atoms with Gasteiger partial charge < -0.3 is 5.11 Å². The van der Waals surface area contributed by atoms with E-state index in [9.17, 15) is 5.11 Å². The number of benzene rings is 1. The summed E-state index contributed by atoms with van der Waals surface area (Å²) in [5.41, 5.74) is 1.68. The molecule has 0 amide bonds. The van der Waals surface area contributed by atoms with Crippen LogP contribution in [0.1, 0.15) is 12.5 Å². The van der Waals surface area contributed by atoms with Crippen molar-refractivity contribution in [1.82, 2.24) is 10.2 Å². The molecule has 0 aliphatic carbocycles. The Labute approximate surface area is 76.0 Å². The Balaban J connectivity index is 2.74. The Morgan fingerprint density at radius 3 is 3.00 bits per heavy atom. The summed E-state index contributed by atoms with van der Waals surface area (Å²) in [7, 11) is 0. The molecule has 13 heavy (non-hydrogen) atoms. The molecule has 1 N–H and O–H groups in total. The van der Waals surface area contributed by atoms with Gasteiger partial charge in [-0.1, -0.05) is 6.92 Å². The average molecular weight is 174 g/mol. The smallest absolute Gasteiger partial charge is 0.121 e. The molecule has 0 spiro atoms.